The molecule has 0 aliphatic carbocycles. The first-order valence-electron chi connectivity index (χ1n) is 0.628. The molecule has 0 saturated heterocycles. The third-order valence-corrected chi connectivity index (χ3v) is 0.122. The highest BCUT2D eigenvalue weighted by atomic mass is 32.1. The van der Waals surface area contributed by atoms with Gasteiger partial charge in [0.05, 0.1) is 0 Å². The Balaban J connectivity index is 0. The minimum absolute atomic E-state index is 0. The molecule has 0 amide bonds. The second kappa shape index (κ2) is 9.04. The molecule has 0 fully saturated rings. The fourth-order valence-corrected chi connectivity index (χ4v) is 0. The summed E-state index contributed by atoms with van der Waals surface area (Å²) in [6.07, 6.45) is 1.17. The summed E-state index contributed by atoms with van der Waals surface area (Å²) in [5.41, 5.74) is 0. The average molecular weight is 107 g/mol. The van der Waals surface area contributed by atoms with Gasteiger partial charge in [-0.3, -0.25) is 0 Å². The molecule has 0 N–H and O–H groups in total. The van der Waals surface area contributed by atoms with Crippen LogP contribution >= 0.6 is 12.8 Å². The Bertz CT molecular complexity index is 49.6. The van der Waals surface area contributed by atoms with E-state index in [1.54, 1.807) is 0 Å². The summed E-state index contributed by atoms with van der Waals surface area (Å²) in [5, 5.41) is 0. The van der Waals surface area contributed by atoms with Crippen LogP contribution in [-0.4, -0.2) is 17.0 Å². The van der Waals surface area contributed by atoms with Gasteiger partial charge in [0.1, 0.15) is 0 Å². The molecule has 30 valence electrons. The second-order valence-corrected chi connectivity index (χ2v) is 0.391. The molecule has 0 bridgehead atoms. The maximum Gasteiger partial charge on any atom is 0.247 e. The van der Waals surface area contributed by atoms with Crippen molar-refractivity contribution in [1.29, 1.82) is 0 Å². The van der Waals surface area contributed by atoms with Gasteiger partial charge in [-0.2, -0.15) is 0 Å². The Morgan fingerprint density at radius 2 is 2.00 bits per heavy atom. The zero-order valence-corrected chi connectivity index (χ0v) is 2.70. The minimum Gasteiger partial charge on any atom is -0.210 e. The van der Waals surface area contributed by atoms with Gasteiger partial charge >= 0.3 is 0 Å². The molecule has 0 aliphatic heterocycles. The van der Waals surface area contributed by atoms with E-state index in [4.69, 9.17) is 4.79 Å². The van der Waals surface area contributed by atoms with Gasteiger partial charge in [0.15, 0.2) is 0 Å². The highest BCUT2D eigenvalue weighted by Crippen LogP contribution is 1.58. The zero-order chi connectivity index (χ0) is 3.41. The molecule has 0 spiro atoms. The van der Waals surface area contributed by atoms with E-state index in [2.05, 4.69) is 17.2 Å². The van der Waals surface area contributed by atoms with Gasteiger partial charge in [0.25, 0.3) is 0 Å². The van der Waals surface area contributed by atoms with Crippen LogP contribution in [0.15, 0.2) is 4.40 Å². The van der Waals surface area contributed by atoms with Crippen LogP contribution in [0.4, 0.5) is 0 Å². The quantitative estimate of drug-likeness (QED) is 0.178. The summed E-state index contributed by atoms with van der Waals surface area (Å²) in [5.74, 6) is 0. The predicted molar refractivity (Wildman–Crippen MR) is 28.4 cm³/mol. The Hall–Kier alpha value is -0.0531. The van der Waals surface area contributed by atoms with Gasteiger partial charge < -0.3 is 0 Å². The summed E-state index contributed by atoms with van der Waals surface area (Å²) in [6.45, 7) is 0. The Morgan fingerprint density at radius 3 is 2.00 bits per heavy atom. The van der Waals surface area contributed by atoms with E-state index < -0.39 is 0 Å². The van der Waals surface area contributed by atoms with Gasteiger partial charge in [0, 0.05) is 0 Å². The van der Waals surface area contributed by atoms with Crippen LogP contribution in [0.1, 0.15) is 0 Å². The molecular formula is CH5NOSSi. The molecule has 5 heavy (non-hydrogen) atoms. The maximum atomic E-state index is 8.81. The molecule has 0 aromatic carbocycles. The molecule has 0 saturated carbocycles. The number of hydrogen-bond donors (Lipinski definition) is 1. The number of hydrogen-bond acceptors (Lipinski definition) is 3. The highest BCUT2D eigenvalue weighted by molar-refractivity contribution is 7.78. The van der Waals surface area contributed by atoms with Crippen LogP contribution in [-0.2, 0) is 4.79 Å². The van der Waals surface area contributed by atoms with Gasteiger partial charge in [-0.1, -0.05) is 0 Å². The van der Waals surface area contributed by atoms with Crippen LogP contribution < -0.4 is 0 Å². The van der Waals surface area contributed by atoms with E-state index in [1.807, 2.05) is 0 Å². The van der Waals surface area contributed by atoms with E-state index in [0.29, 0.717) is 0 Å². The van der Waals surface area contributed by atoms with Gasteiger partial charge in [-0.15, -0.1) is 4.40 Å². The maximum absolute atomic E-state index is 8.81. The van der Waals surface area contributed by atoms with Gasteiger partial charge in [-0.25, -0.2) is 4.79 Å². The third-order valence-electron chi connectivity index (χ3n) is 0.0408. The van der Waals surface area contributed by atoms with Crippen molar-refractivity contribution in [3.63, 3.8) is 0 Å². The van der Waals surface area contributed by atoms with Crippen molar-refractivity contribution in [2.75, 3.05) is 0 Å². The molecule has 2 nitrogen and oxygen atoms in total. The number of isocyanates is 1. The summed E-state index contributed by atoms with van der Waals surface area (Å²) < 4.78 is 2.62. The van der Waals surface area contributed by atoms with Crippen molar-refractivity contribution < 1.29 is 4.79 Å². The molecule has 0 aromatic heterocycles. The number of rotatable bonds is 0. The predicted octanol–water partition coefficient (Wildman–Crippen LogP) is -1.28. The largest absolute Gasteiger partial charge is 0.247 e. The number of nitrogens with zero attached hydrogens (tertiary/aromatic N) is 1. The van der Waals surface area contributed by atoms with Gasteiger partial charge in [0.2, 0.25) is 6.08 Å². The lowest BCUT2D eigenvalue weighted by Gasteiger charge is -1.34. The number of thiol groups is 1. The summed E-state index contributed by atoms with van der Waals surface area (Å²) in [6, 6.07) is 0. The molecule has 0 aliphatic rings. The molecule has 0 radical (unpaired) electrons. The van der Waals surface area contributed by atoms with Crippen LogP contribution in [0.2, 0.25) is 0 Å². The van der Waals surface area contributed by atoms with Crippen LogP contribution in [0.25, 0.3) is 0 Å². The van der Waals surface area contributed by atoms with E-state index in [0.717, 1.165) is 0 Å². The van der Waals surface area contributed by atoms with Crippen molar-refractivity contribution >= 4 is 29.9 Å². The topological polar surface area (TPSA) is 29.4 Å². The first-order valence-corrected chi connectivity index (χ1v) is 1.03. The average Bonchev–Trinajstić information content (AvgIpc) is 1.37. The minimum atomic E-state index is 0. The lowest BCUT2D eigenvalue weighted by Crippen LogP contribution is -1.26. The Labute approximate surface area is 39.9 Å². The standard InChI is InChI=1S/CHNOS.H4Si/c3-1-2-4;/h4H;1H4. The number of carbonyl (C=O) groups excluding carboxylic acids is 1. The third kappa shape index (κ3) is 16.7. The van der Waals surface area contributed by atoms with Crippen molar-refractivity contribution in [2.24, 2.45) is 4.40 Å². The monoisotopic (exact) mass is 107 g/mol. The van der Waals surface area contributed by atoms with E-state index in [9.17, 15) is 0 Å². The SMILES string of the molecule is O=C=NS.[SiH4]. The molecule has 0 unspecified atom stereocenters. The van der Waals surface area contributed by atoms with Crippen molar-refractivity contribution in [3.05, 3.63) is 0 Å². The fourth-order valence-electron chi connectivity index (χ4n) is 0. The summed E-state index contributed by atoms with van der Waals surface area (Å²) in [7, 11) is 0. The van der Waals surface area contributed by atoms with E-state index in [1.165, 1.54) is 6.08 Å². The van der Waals surface area contributed by atoms with Crippen LogP contribution in [0.3, 0.4) is 0 Å². The van der Waals surface area contributed by atoms with Crippen molar-refractivity contribution in [1.82, 2.24) is 0 Å². The second-order valence-electron chi connectivity index (χ2n) is 0.191. The van der Waals surface area contributed by atoms with Crippen molar-refractivity contribution in [2.45, 2.75) is 0 Å². The van der Waals surface area contributed by atoms with E-state index >= 15 is 0 Å². The van der Waals surface area contributed by atoms with Crippen molar-refractivity contribution in [3.8, 4) is 0 Å². The lowest BCUT2D eigenvalue weighted by atomic mass is 11.7. The summed E-state index contributed by atoms with van der Waals surface area (Å²) in [4.78, 5) is 8.81. The first kappa shape index (κ1) is 8.87. The summed E-state index contributed by atoms with van der Waals surface area (Å²) >= 11 is 3.12. The van der Waals surface area contributed by atoms with Crippen LogP contribution in [0.5, 0.6) is 0 Å². The Morgan fingerprint density at radius 1 is 1.80 bits per heavy atom. The molecular weight excluding hydrogens is 102 g/mol. The first-order chi connectivity index (χ1) is 1.91. The molecule has 0 heterocycles. The Kier molecular flexibility index (Phi) is 16.0. The molecule has 0 rings (SSSR count). The molecule has 0 aromatic rings. The van der Waals surface area contributed by atoms with E-state index in [-0.39, 0.29) is 11.0 Å². The highest BCUT2D eigenvalue weighted by Gasteiger charge is 1.30. The fraction of sp³-hybridized carbons (Fsp3) is 0. The molecule has 0 atom stereocenters. The van der Waals surface area contributed by atoms with Gasteiger partial charge in [-0.05, 0) is 23.8 Å². The van der Waals surface area contributed by atoms with Crippen LogP contribution in [0, 0.1) is 0 Å². The normalized spacial score (nSPS) is 3.40. The molecule has 4 heteroatoms. The smallest absolute Gasteiger partial charge is 0.210 e. The zero-order valence-electron chi connectivity index (χ0n) is 1.80. The lowest BCUT2D eigenvalue weighted by molar-refractivity contribution is 0.566.